The first-order chi connectivity index (χ1) is 21.4. The third kappa shape index (κ3) is 7.66. The van der Waals surface area contributed by atoms with Crippen molar-refractivity contribution in [3.63, 3.8) is 0 Å². The molecule has 0 radical (unpaired) electrons. The normalized spacial score (nSPS) is 19.8. The first-order valence-corrected chi connectivity index (χ1v) is 17.0. The Morgan fingerprint density at radius 3 is 2.39 bits per heavy atom. The zero-order chi connectivity index (χ0) is 30.5. The second-order valence-corrected chi connectivity index (χ2v) is 13.6. The molecule has 0 aromatic heterocycles. The number of likely N-dealkylation sites (tertiary alicyclic amines) is 1. The fourth-order valence-electron chi connectivity index (χ4n) is 6.99. The molecule has 7 heteroatoms. The summed E-state index contributed by atoms with van der Waals surface area (Å²) in [5.74, 6) is 0.688. The molecule has 0 unspecified atom stereocenters. The molecule has 6 nitrogen and oxygen atoms in total. The highest BCUT2D eigenvalue weighted by Crippen LogP contribution is 2.29. The van der Waals surface area contributed by atoms with Gasteiger partial charge in [-0.25, -0.2) is 0 Å². The molecular formula is C37H48ClN5O. The molecule has 3 aliphatic rings. The van der Waals surface area contributed by atoms with Gasteiger partial charge in [0, 0.05) is 62.6 Å². The SMILES string of the molecule is CC(C)c1ccc(CN2CCCC2)c(N2CCN(C(=O)[C@@H](Cc3ccc(Cl)cc3)NC[C@H]3Cc4ccccc4CN3)CC2)c1. The molecule has 0 aliphatic carbocycles. The molecule has 0 bridgehead atoms. The van der Waals surface area contributed by atoms with Crippen LogP contribution in [0.25, 0.3) is 0 Å². The first-order valence-electron chi connectivity index (χ1n) is 16.6. The van der Waals surface area contributed by atoms with E-state index in [2.05, 4.69) is 81.6 Å². The Morgan fingerprint density at radius 2 is 1.66 bits per heavy atom. The smallest absolute Gasteiger partial charge is 0.240 e. The van der Waals surface area contributed by atoms with E-state index in [1.54, 1.807) is 0 Å². The number of fused-ring (bicyclic) bond motifs is 1. The molecule has 3 aromatic carbocycles. The van der Waals surface area contributed by atoms with E-state index < -0.39 is 0 Å². The molecule has 2 fully saturated rings. The van der Waals surface area contributed by atoms with Gasteiger partial charge in [-0.15, -0.1) is 0 Å². The Hall–Kier alpha value is -2.90. The molecule has 2 saturated heterocycles. The van der Waals surface area contributed by atoms with Gasteiger partial charge in [-0.3, -0.25) is 9.69 Å². The van der Waals surface area contributed by atoms with Gasteiger partial charge in [-0.2, -0.15) is 0 Å². The standard InChI is InChI=1S/C37H48ClN5O/c1-27(2)29-11-12-32(26-41-15-5-6-16-41)36(23-29)42-17-19-43(20-18-42)37(44)35(21-28-9-13-33(38)14-10-28)40-25-34-22-30-7-3-4-8-31(30)24-39-34/h3-4,7-14,23,27,34-35,39-40H,5-6,15-22,24-26H2,1-2H3/t34-,35-/m1/s1. The highest BCUT2D eigenvalue weighted by molar-refractivity contribution is 6.30. The van der Waals surface area contributed by atoms with Crippen molar-refractivity contribution in [2.45, 2.75) is 70.6 Å². The van der Waals surface area contributed by atoms with Gasteiger partial charge in [0.05, 0.1) is 6.04 Å². The summed E-state index contributed by atoms with van der Waals surface area (Å²) < 4.78 is 0. The predicted octanol–water partition coefficient (Wildman–Crippen LogP) is 5.62. The number of piperazine rings is 1. The monoisotopic (exact) mass is 613 g/mol. The lowest BCUT2D eigenvalue weighted by atomic mass is 9.95. The molecule has 3 aromatic rings. The van der Waals surface area contributed by atoms with Gasteiger partial charge >= 0.3 is 0 Å². The summed E-state index contributed by atoms with van der Waals surface area (Å²) in [6.45, 7) is 12.7. The van der Waals surface area contributed by atoms with Crippen molar-refractivity contribution < 1.29 is 4.79 Å². The molecule has 3 aliphatic heterocycles. The topological polar surface area (TPSA) is 50.9 Å². The van der Waals surface area contributed by atoms with Crippen molar-refractivity contribution in [1.29, 1.82) is 0 Å². The molecule has 1 amide bonds. The maximum absolute atomic E-state index is 14.1. The molecule has 0 spiro atoms. The van der Waals surface area contributed by atoms with Gasteiger partial charge in [0.25, 0.3) is 0 Å². The van der Waals surface area contributed by atoms with Crippen molar-refractivity contribution >= 4 is 23.2 Å². The number of halogens is 1. The maximum atomic E-state index is 14.1. The summed E-state index contributed by atoms with van der Waals surface area (Å²) >= 11 is 6.18. The molecule has 3 heterocycles. The maximum Gasteiger partial charge on any atom is 0.240 e. The average Bonchev–Trinajstić information content (AvgIpc) is 3.57. The summed E-state index contributed by atoms with van der Waals surface area (Å²) in [7, 11) is 0. The van der Waals surface area contributed by atoms with Crippen LogP contribution in [0.1, 0.15) is 60.4 Å². The number of carbonyl (C=O) groups is 1. The molecular weight excluding hydrogens is 566 g/mol. The van der Waals surface area contributed by atoms with Crippen LogP contribution in [0.3, 0.4) is 0 Å². The van der Waals surface area contributed by atoms with Gasteiger partial charge in [0.15, 0.2) is 0 Å². The molecule has 234 valence electrons. The van der Waals surface area contributed by atoms with Crippen LogP contribution >= 0.6 is 11.6 Å². The Labute approximate surface area is 268 Å². The summed E-state index contributed by atoms with van der Waals surface area (Å²) in [6, 6.07) is 23.7. The fraction of sp³-hybridized carbons (Fsp3) is 0.486. The Morgan fingerprint density at radius 1 is 0.932 bits per heavy atom. The molecule has 2 N–H and O–H groups in total. The van der Waals surface area contributed by atoms with E-state index in [1.807, 2.05) is 24.3 Å². The minimum atomic E-state index is -0.281. The van der Waals surface area contributed by atoms with E-state index in [1.165, 1.54) is 53.9 Å². The number of carbonyl (C=O) groups excluding carboxylic acids is 1. The van der Waals surface area contributed by atoms with E-state index in [9.17, 15) is 4.79 Å². The number of nitrogens with one attached hydrogen (secondary N) is 2. The molecule has 6 rings (SSSR count). The van der Waals surface area contributed by atoms with Crippen LogP contribution in [0.5, 0.6) is 0 Å². The van der Waals surface area contributed by atoms with Crippen molar-refractivity contribution in [2.24, 2.45) is 0 Å². The minimum Gasteiger partial charge on any atom is -0.368 e. The van der Waals surface area contributed by atoms with E-state index in [0.717, 1.165) is 62.8 Å². The van der Waals surface area contributed by atoms with Gasteiger partial charge in [-0.1, -0.05) is 74.0 Å². The number of anilines is 1. The summed E-state index contributed by atoms with van der Waals surface area (Å²) in [6.07, 6.45) is 4.22. The van der Waals surface area contributed by atoms with Gasteiger partial charge < -0.3 is 20.4 Å². The van der Waals surface area contributed by atoms with Gasteiger partial charge in [0.2, 0.25) is 5.91 Å². The zero-order valence-electron chi connectivity index (χ0n) is 26.4. The van der Waals surface area contributed by atoms with Crippen LogP contribution in [0.2, 0.25) is 5.02 Å². The van der Waals surface area contributed by atoms with Gasteiger partial charge in [0.1, 0.15) is 0 Å². The fourth-order valence-corrected chi connectivity index (χ4v) is 7.12. The Kier molecular flexibility index (Phi) is 10.2. The molecule has 2 atom stereocenters. The molecule has 44 heavy (non-hydrogen) atoms. The third-order valence-electron chi connectivity index (χ3n) is 9.73. The second-order valence-electron chi connectivity index (χ2n) is 13.2. The Bertz CT molecular complexity index is 1400. The number of hydrogen-bond donors (Lipinski definition) is 2. The van der Waals surface area contributed by atoms with Crippen LogP contribution in [-0.2, 0) is 30.7 Å². The van der Waals surface area contributed by atoms with Crippen molar-refractivity contribution in [3.8, 4) is 0 Å². The van der Waals surface area contributed by atoms with Crippen LogP contribution in [0.4, 0.5) is 5.69 Å². The lowest BCUT2D eigenvalue weighted by Crippen LogP contribution is -2.56. The predicted molar refractivity (Wildman–Crippen MR) is 182 cm³/mol. The van der Waals surface area contributed by atoms with Crippen LogP contribution in [0.15, 0.2) is 66.7 Å². The lowest BCUT2D eigenvalue weighted by Gasteiger charge is -2.39. The van der Waals surface area contributed by atoms with E-state index in [0.29, 0.717) is 18.4 Å². The summed E-state index contributed by atoms with van der Waals surface area (Å²) in [4.78, 5) is 21.3. The van der Waals surface area contributed by atoms with E-state index >= 15 is 0 Å². The highest BCUT2D eigenvalue weighted by Gasteiger charge is 2.30. The molecule has 0 saturated carbocycles. The minimum absolute atomic E-state index is 0.198. The van der Waals surface area contributed by atoms with Crippen molar-refractivity contribution in [3.05, 3.63) is 99.6 Å². The van der Waals surface area contributed by atoms with Crippen LogP contribution in [0, 0.1) is 0 Å². The lowest BCUT2D eigenvalue weighted by molar-refractivity contribution is -0.133. The third-order valence-corrected chi connectivity index (χ3v) is 9.98. The summed E-state index contributed by atoms with van der Waals surface area (Å²) in [5, 5.41) is 8.08. The van der Waals surface area contributed by atoms with Crippen molar-refractivity contribution in [1.82, 2.24) is 20.4 Å². The van der Waals surface area contributed by atoms with Crippen LogP contribution in [-0.4, -0.2) is 73.6 Å². The number of rotatable bonds is 10. The number of benzene rings is 3. The van der Waals surface area contributed by atoms with Gasteiger partial charge in [-0.05, 0) is 90.7 Å². The summed E-state index contributed by atoms with van der Waals surface area (Å²) in [5.41, 5.74) is 8.06. The second kappa shape index (κ2) is 14.5. The number of nitrogens with zero attached hydrogens (tertiary/aromatic N) is 3. The highest BCUT2D eigenvalue weighted by atomic mass is 35.5. The Balaban J connectivity index is 1.13. The van der Waals surface area contributed by atoms with Crippen LogP contribution < -0.4 is 15.5 Å². The van der Waals surface area contributed by atoms with E-state index in [4.69, 9.17) is 11.6 Å². The first kappa shape index (κ1) is 31.1. The van der Waals surface area contributed by atoms with E-state index in [-0.39, 0.29) is 11.9 Å². The average molecular weight is 614 g/mol. The van der Waals surface area contributed by atoms with Crippen molar-refractivity contribution in [2.75, 3.05) is 50.7 Å². The quantitative estimate of drug-likeness (QED) is 0.311. The largest absolute Gasteiger partial charge is 0.368 e. The number of hydrogen-bond acceptors (Lipinski definition) is 5. The number of amides is 1. The zero-order valence-corrected chi connectivity index (χ0v) is 27.2.